The second-order valence-corrected chi connectivity index (χ2v) is 5.99. The number of carbonyl (C=O) groups excluding carboxylic acids is 2. The van der Waals surface area contributed by atoms with Crippen LogP contribution in [0.3, 0.4) is 0 Å². The maximum atomic E-state index is 11.7. The summed E-state index contributed by atoms with van der Waals surface area (Å²) < 4.78 is 5.64. The number of fused-ring (bicyclic) bond motifs is 1. The molecule has 0 radical (unpaired) electrons. The molecular weight excluding hydrogens is 282 g/mol. The lowest BCUT2D eigenvalue weighted by Gasteiger charge is -2.33. The van der Waals surface area contributed by atoms with E-state index in [1.165, 1.54) is 12.5 Å². The smallest absolute Gasteiger partial charge is 0.248 e. The standard InChI is InChI=1S/C16H21N3O3/c1-11(20)17-13-5-3-12(4-6-13)7-19-8-14-15(9-19)22-10-16(21)18(14)2/h3-6,14-15H,7-10H2,1-2H3,(H,17,20)/t14-,15+/m1/s1. The maximum absolute atomic E-state index is 11.7. The lowest BCUT2D eigenvalue weighted by atomic mass is 10.1. The molecule has 0 aromatic heterocycles. The zero-order valence-corrected chi connectivity index (χ0v) is 12.9. The van der Waals surface area contributed by atoms with Gasteiger partial charge in [-0.1, -0.05) is 12.1 Å². The molecule has 0 bridgehead atoms. The van der Waals surface area contributed by atoms with Crippen LogP contribution in [0.1, 0.15) is 12.5 Å². The highest BCUT2D eigenvalue weighted by atomic mass is 16.5. The van der Waals surface area contributed by atoms with Crippen molar-refractivity contribution < 1.29 is 14.3 Å². The highest BCUT2D eigenvalue weighted by molar-refractivity contribution is 5.88. The summed E-state index contributed by atoms with van der Waals surface area (Å²) in [5.74, 6) is -0.0102. The van der Waals surface area contributed by atoms with Gasteiger partial charge in [-0.2, -0.15) is 0 Å². The van der Waals surface area contributed by atoms with Gasteiger partial charge >= 0.3 is 0 Å². The van der Waals surface area contributed by atoms with Crippen LogP contribution in [-0.2, 0) is 20.9 Å². The van der Waals surface area contributed by atoms with Crippen LogP contribution in [0.5, 0.6) is 0 Å². The summed E-state index contributed by atoms with van der Waals surface area (Å²) in [5, 5.41) is 2.76. The van der Waals surface area contributed by atoms with Crippen molar-refractivity contribution >= 4 is 17.5 Å². The van der Waals surface area contributed by atoms with Crippen molar-refractivity contribution in [3.05, 3.63) is 29.8 Å². The van der Waals surface area contributed by atoms with Crippen molar-refractivity contribution in [1.29, 1.82) is 0 Å². The van der Waals surface area contributed by atoms with Gasteiger partial charge in [0.25, 0.3) is 0 Å². The van der Waals surface area contributed by atoms with Crippen LogP contribution in [0.4, 0.5) is 5.69 Å². The second kappa shape index (κ2) is 6.06. The molecule has 118 valence electrons. The Morgan fingerprint density at radius 3 is 2.73 bits per heavy atom. The molecule has 2 fully saturated rings. The van der Waals surface area contributed by atoms with Crippen LogP contribution in [0, 0.1) is 0 Å². The minimum absolute atomic E-state index is 0.0581. The molecule has 1 aromatic carbocycles. The van der Waals surface area contributed by atoms with E-state index < -0.39 is 0 Å². The summed E-state index contributed by atoms with van der Waals surface area (Å²) in [4.78, 5) is 26.8. The molecule has 0 aliphatic carbocycles. The van der Waals surface area contributed by atoms with Crippen LogP contribution in [0.2, 0.25) is 0 Å². The molecule has 6 nitrogen and oxygen atoms in total. The van der Waals surface area contributed by atoms with Crippen LogP contribution in [0.25, 0.3) is 0 Å². The Kier molecular flexibility index (Phi) is 4.13. The number of carbonyl (C=O) groups is 2. The van der Waals surface area contributed by atoms with Gasteiger partial charge in [0.15, 0.2) is 0 Å². The van der Waals surface area contributed by atoms with E-state index in [1.54, 1.807) is 0 Å². The Balaban J connectivity index is 1.60. The lowest BCUT2D eigenvalue weighted by molar-refractivity contribution is -0.150. The molecule has 22 heavy (non-hydrogen) atoms. The molecule has 0 unspecified atom stereocenters. The van der Waals surface area contributed by atoms with Gasteiger partial charge in [0.1, 0.15) is 6.61 Å². The molecule has 2 amide bonds. The monoisotopic (exact) mass is 303 g/mol. The first kappa shape index (κ1) is 15.0. The fraction of sp³-hybridized carbons (Fsp3) is 0.500. The number of hydrogen-bond donors (Lipinski definition) is 1. The van der Waals surface area contributed by atoms with E-state index in [-0.39, 0.29) is 30.6 Å². The van der Waals surface area contributed by atoms with Crippen LogP contribution in [0.15, 0.2) is 24.3 Å². The fourth-order valence-corrected chi connectivity index (χ4v) is 3.12. The number of ether oxygens (including phenoxy) is 1. The topological polar surface area (TPSA) is 61.9 Å². The minimum Gasteiger partial charge on any atom is -0.365 e. The van der Waals surface area contributed by atoms with Gasteiger partial charge in [-0.15, -0.1) is 0 Å². The van der Waals surface area contributed by atoms with Crippen molar-refractivity contribution in [2.45, 2.75) is 25.6 Å². The Morgan fingerprint density at radius 1 is 1.32 bits per heavy atom. The average Bonchev–Trinajstić information content (AvgIpc) is 2.88. The molecule has 3 rings (SSSR count). The van der Waals surface area contributed by atoms with E-state index in [2.05, 4.69) is 10.2 Å². The predicted molar refractivity (Wildman–Crippen MR) is 82.3 cm³/mol. The van der Waals surface area contributed by atoms with Crippen molar-refractivity contribution in [2.24, 2.45) is 0 Å². The number of morpholine rings is 1. The number of amides is 2. The van der Waals surface area contributed by atoms with Gasteiger partial charge in [-0.3, -0.25) is 14.5 Å². The Morgan fingerprint density at radius 2 is 2.05 bits per heavy atom. The number of nitrogens with one attached hydrogen (secondary N) is 1. The summed E-state index contributed by atoms with van der Waals surface area (Å²) in [5.41, 5.74) is 1.99. The number of benzene rings is 1. The zero-order valence-electron chi connectivity index (χ0n) is 12.9. The van der Waals surface area contributed by atoms with E-state index in [0.717, 1.165) is 25.3 Å². The summed E-state index contributed by atoms with van der Waals surface area (Å²) in [6.45, 7) is 4.18. The number of nitrogens with zero attached hydrogens (tertiary/aromatic N) is 2. The summed E-state index contributed by atoms with van der Waals surface area (Å²) in [6.07, 6.45) is 0.112. The summed E-state index contributed by atoms with van der Waals surface area (Å²) in [7, 11) is 1.86. The largest absolute Gasteiger partial charge is 0.365 e. The minimum atomic E-state index is -0.0683. The molecule has 1 aromatic rings. The summed E-state index contributed by atoms with van der Waals surface area (Å²) in [6, 6.07) is 8.00. The van der Waals surface area contributed by atoms with Crippen LogP contribution in [-0.4, -0.2) is 60.5 Å². The number of likely N-dealkylation sites (tertiary alicyclic amines) is 1. The van der Waals surface area contributed by atoms with Crippen molar-refractivity contribution in [1.82, 2.24) is 9.80 Å². The third kappa shape index (κ3) is 3.13. The van der Waals surface area contributed by atoms with Crippen molar-refractivity contribution in [3.8, 4) is 0 Å². The van der Waals surface area contributed by atoms with Gasteiger partial charge in [-0.05, 0) is 17.7 Å². The van der Waals surface area contributed by atoms with Crippen LogP contribution < -0.4 is 5.32 Å². The van der Waals surface area contributed by atoms with Gasteiger partial charge < -0.3 is 15.0 Å². The molecule has 6 heteroatoms. The zero-order chi connectivity index (χ0) is 15.7. The average molecular weight is 303 g/mol. The van der Waals surface area contributed by atoms with E-state index >= 15 is 0 Å². The Labute approximate surface area is 130 Å². The number of likely N-dealkylation sites (N-methyl/N-ethyl adjacent to an activating group) is 1. The quantitative estimate of drug-likeness (QED) is 0.892. The second-order valence-electron chi connectivity index (χ2n) is 5.99. The van der Waals surface area contributed by atoms with E-state index in [4.69, 9.17) is 4.74 Å². The third-order valence-corrected chi connectivity index (χ3v) is 4.30. The Hall–Kier alpha value is -1.92. The van der Waals surface area contributed by atoms with Gasteiger partial charge in [0.2, 0.25) is 11.8 Å². The predicted octanol–water partition coefficient (Wildman–Crippen LogP) is 0.686. The lowest BCUT2D eigenvalue weighted by Crippen LogP contribution is -2.51. The first-order valence-electron chi connectivity index (χ1n) is 7.49. The van der Waals surface area contributed by atoms with Gasteiger partial charge in [0.05, 0.1) is 12.1 Å². The number of hydrogen-bond acceptors (Lipinski definition) is 4. The number of rotatable bonds is 3. The molecular formula is C16H21N3O3. The maximum Gasteiger partial charge on any atom is 0.248 e. The molecule has 1 N–H and O–H groups in total. The van der Waals surface area contributed by atoms with E-state index in [0.29, 0.717) is 0 Å². The first-order valence-corrected chi connectivity index (χ1v) is 7.49. The summed E-state index contributed by atoms with van der Waals surface area (Å²) >= 11 is 0. The molecule has 2 saturated heterocycles. The van der Waals surface area contributed by atoms with Crippen molar-refractivity contribution in [2.75, 3.05) is 32.1 Å². The number of anilines is 1. The third-order valence-electron chi connectivity index (χ3n) is 4.30. The first-order chi connectivity index (χ1) is 10.5. The SMILES string of the molecule is CC(=O)Nc1ccc(CN2C[C@@H]3OCC(=O)N(C)[C@@H]3C2)cc1. The van der Waals surface area contributed by atoms with Crippen LogP contribution >= 0.6 is 0 Å². The molecule has 2 heterocycles. The van der Waals surface area contributed by atoms with Gasteiger partial charge in [-0.25, -0.2) is 0 Å². The van der Waals surface area contributed by atoms with Crippen molar-refractivity contribution in [3.63, 3.8) is 0 Å². The molecule has 2 aliphatic heterocycles. The fourth-order valence-electron chi connectivity index (χ4n) is 3.12. The molecule has 0 saturated carbocycles. The molecule has 0 spiro atoms. The van der Waals surface area contributed by atoms with Gasteiger partial charge in [0, 0.05) is 39.3 Å². The van der Waals surface area contributed by atoms with E-state index in [9.17, 15) is 9.59 Å². The highest BCUT2D eigenvalue weighted by Crippen LogP contribution is 2.24. The normalized spacial score (nSPS) is 25.2. The van der Waals surface area contributed by atoms with E-state index in [1.807, 2.05) is 36.2 Å². The molecule has 2 aliphatic rings. The molecule has 2 atom stereocenters. The Bertz CT molecular complexity index is 573. The highest BCUT2D eigenvalue weighted by Gasteiger charge is 2.41.